The molecule has 1 aromatic rings. The van der Waals surface area contributed by atoms with Crippen LogP contribution < -0.4 is 0 Å². The summed E-state index contributed by atoms with van der Waals surface area (Å²) < 4.78 is 0. The Morgan fingerprint density at radius 1 is 0.923 bits per heavy atom. The highest BCUT2D eigenvalue weighted by molar-refractivity contribution is 6.45. The third-order valence-corrected chi connectivity index (χ3v) is 3.45. The number of halogens is 5. The van der Waals surface area contributed by atoms with Crippen LogP contribution in [0, 0.1) is 0 Å². The highest BCUT2D eigenvalue weighted by Crippen LogP contribution is 2.36. The normalized spacial score (nSPS) is 10.5. The topological polar surface area (TPSA) is 0 Å². The second-order valence-corrected chi connectivity index (χ2v) is 4.09. The van der Waals surface area contributed by atoms with E-state index in [1.165, 1.54) is 0 Å². The lowest BCUT2D eigenvalue weighted by atomic mass is 10.1. The highest BCUT2D eigenvalue weighted by Gasteiger charge is 2.12. The van der Waals surface area contributed by atoms with Crippen LogP contribution in [0.25, 0.3) is 0 Å². The second-order valence-electron chi connectivity index (χ2n) is 2.39. The van der Waals surface area contributed by atoms with Crippen molar-refractivity contribution in [2.75, 3.05) is 0 Å². The summed E-state index contributed by atoms with van der Waals surface area (Å²) in [5.41, 5.74) is 1.38. The van der Waals surface area contributed by atoms with Gasteiger partial charge in [0, 0.05) is 11.4 Å². The summed E-state index contributed by atoms with van der Waals surface area (Å²) in [6.45, 7) is 0. The molecular formula is C8H5Cl5. The van der Waals surface area contributed by atoms with Crippen molar-refractivity contribution < 1.29 is 0 Å². The van der Waals surface area contributed by atoms with Crippen molar-refractivity contribution in [2.24, 2.45) is 0 Å². The Morgan fingerprint density at radius 2 is 1.54 bits per heavy atom. The number of rotatable bonds is 2. The van der Waals surface area contributed by atoms with Gasteiger partial charge in [-0.1, -0.05) is 34.8 Å². The lowest BCUT2D eigenvalue weighted by molar-refractivity contribution is 1.32. The fourth-order valence-corrected chi connectivity index (χ4v) is 2.40. The fraction of sp³-hybridized carbons (Fsp3) is 0.250. The van der Waals surface area contributed by atoms with Gasteiger partial charge in [-0.25, -0.2) is 0 Å². The molecule has 0 radical (unpaired) electrons. The van der Waals surface area contributed by atoms with E-state index in [0.717, 1.165) is 5.56 Å². The van der Waals surface area contributed by atoms with E-state index < -0.39 is 0 Å². The van der Waals surface area contributed by atoms with E-state index in [1.807, 2.05) is 0 Å². The largest absolute Gasteiger partial charge is 0.121 e. The molecule has 0 aromatic heterocycles. The van der Waals surface area contributed by atoms with Gasteiger partial charge in [0.25, 0.3) is 0 Å². The van der Waals surface area contributed by atoms with Gasteiger partial charge in [-0.3, -0.25) is 0 Å². The Kier molecular flexibility index (Phi) is 4.47. The first-order valence-electron chi connectivity index (χ1n) is 3.39. The standard InChI is InChI=1S/C8H5Cl5/c9-2-4-1-6(11)8(13)5(3-10)7(4)12/h1H,2-3H2. The summed E-state index contributed by atoms with van der Waals surface area (Å²) in [5, 5.41) is 1.33. The average molecular weight is 278 g/mol. The van der Waals surface area contributed by atoms with Gasteiger partial charge in [0.15, 0.2) is 0 Å². The maximum Gasteiger partial charge on any atom is 0.0651 e. The molecule has 0 unspecified atom stereocenters. The van der Waals surface area contributed by atoms with E-state index >= 15 is 0 Å². The molecule has 0 aliphatic heterocycles. The summed E-state index contributed by atoms with van der Waals surface area (Å²) in [7, 11) is 0. The monoisotopic (exact) mass is 276 g/mol. The van der Waals surface area contributed by atoms with Crippen molar-refractivity contribution in [3.8, 4) is 0 Å². The van der Waals surface area contributed by atoms with Crippen LogP contribution in [-0.4, -0.2) is 0 Å². The molecule has 0 saturated heterocycles. The second kappa shape index (κ2) is 4.95. The Hall–Kier alpha value is 0.670. The van der Waals surface area contributed by atoms with Gasteiger partial charge in [-0.15, -0.1) is 23.2 Å². The third kappa shape index (κ3) is 2.37. The summed E-state index contributed by atoms with van der Waals surface area (Å²) in [5.74, 6) is 0.516. The van der Waals surface area contributed by atoms with Crippen molar-refractivity contribution in [1.29, 1.82) is 0 Å². The van der Waals surface area contributed by atoms with Gasteiger partial charge in [-0.2, -0.15) is 0 Å². The molecule has 1 aromatic carbocycles. The number of alkyl halides is 2. The molecule has 0 nitrogen and oxygen atoms in total. The Morgan fingerprint density at radius 3 is 2.00 bits per heavy atom. The predicted molar refractivity (Wildman–Crippen MR) is 60.6 cm³/mol. The van der Waals surface area contributed by atoms with Gasteiger partial charge in [-0.05, 0) is 11.6 Å². The van der Waals surface area contributed by atoms with E-state index in [2.05, 4.69) is 0 Å². The predicted octanol–water partition coefficient (Wildman–Crippen LogP) is 5.12. The van der Waals surface area contributed by atoms with Crippen LogP contribution in [0.5, 0.6) is 0 Å². The fourth-order valence-electron chi connectivity index (χ4n) is 0.929. The Balaban J connectivity index is 3.39. The molecule has 0 aliphatic carbocycles. The van der Waals surface area contributed by atoms with Gasteiger partial charge < -0.3 is 0 Å². The lowest BCUT2D eigenvalue weighted by Gasteiger charge is -2.09. The van der Waals surface area contributed by atoms with E-state index in [1.54, 1.807) is 6.07 Å². The minimum Gasteiger partial charge on any atom is -0.121 e. The maximum absolute atomic E-state index is 5.97. The van der Waals surface area contributed by atoms with Crippen LogP contribution in [0.4, 0.5) is 0 Å². The minimum atomic E-state index is 0.224. The molecule has 0 fully saturated rings. The molecule has 0 bridgehead atoms. The molecule has 0 N–H and O–H groups in total. The minimum absolute atomic E-state index is 0.224. The number of hydrogen-bond donors (Lipinski definition) is 0. The highest BCUT2D eigenvalue weighted by atomic mass is 35.5. The molecule has 0 aliphatic rings. The van der Waals surface area contributed by atoms with Gasteiger partial charge in [0.1, 0.15) is 0 Å². The maximum atomic E-state index is 5.97. The first kappa shape index (κ1) is 11.7. The third-order valence-electron chi connectivity index (χ3n) is 1.60. The Bertz CT molecular complexity index is 321. The van der Waals surface area contributed by atoms with E-state index in [4.69, 9.17) is 58.0 Å². The van der Waals surface area contributed by atoms with E-state index in [-0.39, 0.29) is 5.88 Å². The van der Waals surface area contributed by atoms with Crippen molar-refractivity contribution in [3.63, 3.8) is 0 Å². The van der Waals surface area contributed by atoms with Crippen LogP contribution >= 0.6 is 58.0 Å². The van der Waals surface area contributed by atoms with E-state index in [0.29, 0.717) is 26.5 Å². The zero-order valence-electron chi connectivity index (χ0n) is 6.38. The Labute approximate surface area is 102 Å². The molecule has 0 heterocycles. The summed E-state index contributed by atoms with van der Waals surface area (Å²) in [4.78, 5) is 0. The molecule has 5 heteroatoms. The van der Waals surface area contributed by atoms with Crippen LogP contribution in [0.2, 0.25) is 15.1 Å². The van der Waals surface area contributed by atoms with Crippen molar-refractivity contribution in [2.45, 2.75) is 11.8 Å². The zero-order chi connectivity index (χ0) is 10.0. The molecule has 1 rings (SSSR count). The van der Waals surface area contributed by atoms with Gasteiger partial charge >= 0.3 is 0 Å². The molecule has 72 valence electrons. The van der Waals surface area contributed by atoms with Crippen LogP contribution in [0.3, 0.4) is 0 Å². The zero-order valence-corrected chi connectivity index (χ0v) is 10.2. The molecular weight excluding hydrogens is 273 g/mol. The van der Waals surface area contributed by atoms with Gasteiger partial charge in [0.05, 0.1) is 20.9 Å². The molecule has 0 amide bonds. The van der Waals surface area contributed by atoms with Crippen molar-refractivity contribution in [1.82, 2.24) is 0 Å². The van der Waals surface area contributed by atoms with Crippen molar-refractivity contribution in [3.05, 3.63) is 32.3 Å². The smallest absolute Gasteiger partial charge is 0.0651 e. The summed E-state index contributed by atoms with van der Waals surface area (Å²) in [6.07, 6.45) is 0. The van der Waals surface area contributed by atoms with Crippen LogP contribution in [0.15, 0.2) is 6.07 Å². The number of benzene rings is 1. The van der Waals surface area contributed by atoms with Crippen LogP contribution in [-0.2, 0) is 11.8 Å². The van der Waals surface area contributed by atoms with Crippen molar-refractivity contribution >= 4 is 58.0 Å². The van der Waals surface area contributed by atoms with Gasteiger partial charge in [0.2, 0.25) is 0 Å². The lowest BCUT2D eigenvalue weighted by Crippen LogP contribution is -1.90. The van der Waals surface area contributed by atoms with E-state index in [9.17, 15) is 0 Å². The molecule has 0 atom stereocenters. The first-order valence-corrected chi connectivity index (χ1v) is 5.59. The van der Waals surface area contributed by atoms with Crippen LogP contribution in [0.1, 0.15) is 11.1 Å². The molecule has 0 saturated carbocycles. The summed E-state index contributed by atoms with van der Waals surface area (Å²) in [6, 6.07) is 1.65. The molecule has 13 heavy (non-hydrogen) atoms. The number of hydrogen-bond acceptors (Lipinski definition) is 0. The first-order chi connectivity index (χ1) is 6.11. The SMILES string of the molecule is ClCc1cc(Cl)c(Cl)c(CCl)c1Cl. The molecule has 0 spiro atoms. The summed E-state index contributed by atoms with van der Waals surface area (Å²) >= 11 is 29.0. The average Bonchev–Trinajstić information content (AvgIpc) is 2.12. The quantitative estimate of drug-likeness (QED) is 0.520.